The smallest absolute Gasteiger partial charge is 0.309 e. The van der Waals surface area contributed by atoms with Crippen LogP contribution in [-0.4, -0.2) is 6.03 Å². The summed E-state index contributed by atoms with van der Waals surface area (Å²) >= 11 is 0. The summed E-state index contributed by atoms with van der Waals surface area (Å²) in [5, 5.41) is 0. The molecule has 5 nitrogen and oxygen atoms in total. The molecule has 0 rings (SSSR count). The predicted octanol–water partition coefficient (Wildman–Crippen LogP) is -1.60. The second-order valence-electron chi connectivity index (χ2n) is 0.787. The van der Waals surface area contributed by atoms with Crippen LogP contribution in [-0.2, 0) is 0 Å². The lowest BCUT2D eigenvalue weighted by atomic mass is 11.0. The lowest BCUT2D eigenvalue weighted by molar-refractivity contribution is 0.256. The molecule has 0 aromatic carbocycles. The molecule has 0 heterocycles. The van der Waals surface area contributed by atoms with Crippen LogP contribution in [0.4, 0.5) is 4.79 Å². The van der Waals surface area contributed by atoms with Gasteiger partial charge in [0.05, 0.1) is 0 Å². The molecule has 0 saturated carbocycles. The highest BCUT2D eigenvalue weighted by Crippen LogP contribution is 1.30. The Kier molecular flexibility index (Phi) is 11.2. The summed E-state index contributed by atoms with van der Waals surface area (Å²) < 4.78 is 0. The second-order valence-corrected chi connectivity index (χ2v) is 0.787. The van der Waals surface area contributed by atoms with E-state index < -0.39 is 6.03 Å². The molecule has 8 N–H and O–H groups in total. The van der Waals surface area contributed by atoms with Crippen molar-refractivity contribution >= 4 is 6.03 Å². The van der Waals surface area contributed by atoms with Crippen LogP contribution in [0.15, 0.2) is 12.4 Å². The average molecular weight is 118 g/mol. The number of nitrogens with two attached hydrogens (primary N) is 4. The van der Waals surface area contributed by atoms with Crippen molar-refractivity contribution in [3.8, 4) is 0 Å². The van der Waals surface area contributed by atoms with Gasteiger partial charge in [-0.2, -0.15) is 0 Å². The van der Waals surface area contributed by atoms with Gasteiger partial charge in [-0.1, -0.05) is 0 Å². The fraction of sp³-hybridized carbons (Fsp3) is 0. The fourth-order valence-electron chi connectivity index (χ4n) is 0. The number of amides is 2. The first kappa shape index (κ1) is 9.79. The van der Waals surface area contributed by atoms with Crippen molar-refractivity contribution < 1.29 is 4.79 Å². The first-order valence-electron chi connectivity index (χ1n) is 1.78. The number of hydrogen-bond acceptors (Lipinski definition) is 3. The standard InChI is InChI=1S/C2H6N2.CH4N2O/c3-1-2-4;2-1(3)4/h1-2H,3-4H2;(H4,2,3,4). The van der Waals surface area contributed by atoms with Crippen molar-refractivity contribution in [2.24, 2.45) is 22.9 Å². The molecule has 0 atom stereocenters. The topological polar surface area (TPSA) is 121 Å². The third kappa shape index (κ3) is 395. The molecule has 0 aliphatic heterocycles. The number of carbonyl (C=O) groups is 1. The van der Waals surface area contributed by atoms with Gasteiger partial charge in [-0.25, -0.2) is 4.79 Å². The molecule has 2 amide bonds. The van der Waals surface area contributed by atoms with Gasteiger partial charge < -0.3 is 22.9 Å². The van der Waals surface area contributed by atoms with Gasteiger partial charge in [0.2, 0.25) is 0 Å². The fourth-order valence-corrected chi connectivity index (χ4v) is 0. The monoisotopic (exact) mass is 118 g/mol. The van der Waals surface area contributed by atoms with Gasteiger partial charge in [-0.15, -0.1) is 0 Å². The third-order valence-corrected chi connectivity index (χ3v) is 0.111. The van der Waals surface area contributed by atoms with Crippen molar-refractivity contribution in [2.75, 3.05) is 0 Å². The minimum absolute atomic E-state index is 0.833. The first-order chi connectivity index (χ1) is 3.65. The van der Waals surface area contributed by atoms with Crippen molar-refractivity contribution in [3.63, 3.8) is 0 Å². The molecule has 0 aliphatic carbocycles. The van der Waals surface area contributed by atoms with Gasteiger partial charge in [0.25, 0.3) is 0 Å². The number of rotatable bonds is 0. The second kappa shape index (κ2) is 9.15. The summed E-state index contributed by atoms with van der Waals surface area (Å²) in [5.74, 6) is 0. The molecule has 0 radical (unpaired) electrons. The Balaban J connectivity index is 0. The van der Waals surface area contributed by atoms with Crippen molar-refractivity contribution in [2.45, 2.75) is 0 Å². The molecule has 0 aromatic rings. The summed E-state index contributed by atoms with van der Waals surface area (Å²) in [6.45, 7) is 0. The molecule has 0 spiro atoms. The van der Waals surface area contributed by atoms with Gasteiger partial charge in [-0.05, 0) is 0 Å². The highest BCUT2D eigenvalue weighted by atomic mass is 16.2. The zero-order chi connectivity index (χ0) is 6.99. The van der Waals surface area contributed by atoms with Crippen LogP contribution < -0.4 is 22.9 Å². The van der Waals surface area contributed by atoms with E-state index in [4.69, 9.17) is 16.3 Å². The third-order valence-electron chi connectivity index (χ3n) is 0.111. The Morgan fingerprint density at radius 3 is 1.25 bits per heavy atom. The largest absolute Gasteiger partial charge is 0.403 e. The maximum Gasteiger partial charge on any atom is 0.309 e. The number of carbonyl (C=O) groups excluding carboxylic acids is 1. The van der Waals surface area contributed by atoms with Gasteiger partial charge in [-0.3, -0.25) is 0 Å². The van der Waals surface area contributed by atoms with Crippen LogP contribution in [0.1, 0.15) is 0 Å². The molecular weight excluding hydrogens is 108 g/mol. The van der Waals surface area contributed by atoms with Crippen LogP contribution >= 0.6 is 0 Å². The summed E-state index contributed by atoms with van der Waals surface area (Å²) in [6, 6.07) is -0.833. The average Bonchev–Trinajstić information content (AvgIpc) is 1.65. The quantitative estimate of drug-likeness (QED) is 0.306. The van der Waals surface area contributed by atoms with Crippen LogP contribution in [0.5, 0.6) is 0 Å². The minimum Gasteiger partial charge on any atom is -0.403 e. The lowest BCUT2D eigenvalue weighted by Gasteiger charge is -1.62. The van der Waals surface area contributed by atoms with Crippen LogP contribution in [0.2, 0.25) is 0 Å². The summed E-state index contributed by atoms with van der Waals surface area (Å²) in [5.41, 5.74) is 17.9. The number of primary amides is 2. The normalized spacial score (nSPS) is 7.50. The Bertz CT molecular complexity index is 71.4. The van der Waals surface area contributed by atoms with E-state index in [-0.39, 0.29) is 0 Å². The van der Waals surface area contributed by atoms with E-state index in [1.807, 2.05) is 0 Å². The number of urea groups is 1. The van der Waals surface area contributed by atoms with E-state index in [9.17, 15) is 0 Å². The van der Waals surface area contributed by atoms with E-state index in [1.165, 1.54) is 12.4 Å². The first-order valence-corrected chi connectivity index (χ1v) is 1.78. The van der Waals surface area contributed by atoms with E-state index in [1.54, 1.807) is 0 Å². The van der Waals surface area contributed by atoms with Crippen LogP contribution in [0, 0.1) is 0 Å². The Labute approximate surface area is 47.3 Å². The molecule has 0 fully saturated rings. The summed E-state index contributed by atoms with van der Waals surface area (Å²) in [4.78, 5) is 9.00. The predicted molar refractivity (Wildman–Crippen MR) is 31.3 cm³/mol. The summed E-state index contributed by atoms with van der Waals surface area (Å²) in [6.07, 6.45) is 2.56. The highest BCUT2D eigenvalue weighted by molar-refractivity contribution is 5.69. The maximum absolute atomic E-state index is 9.00. The van der Waals surface area contributed by atoms with E-state index in [0.717, 1.165) is 0 Å². The van der Waals surface area contributed by atoms with Gasteiger partial charge in [0.15, 0.2) is 0 Å². The van der Waals surface area contributed by atoms with Gasteiger partial charge in [0.1, 0.15) is 0 Å². The van der Waals surface area contributed by atoms with Gasteiger partial charge in [0, 0.05) is 12.4 Å². The van der Waals surface area contributed by atoms with E-state index in [2.05, 4.69) is 11.5 Å². The zero-order valence-electron chi connectivity index (χ0n) is 4.37. The Morgan fingerprint density at radius 1 is 1.12 bits per heavy atom. The van der Waals surface area contributed by atoms with Crippen molar-refractivity contribution in [3.05, 3.63) is 12.4 Å². The van der Waals surface area contributed by atoms with Crippen molar-refractivity contribution in [1.29, 1.82) is 0 Å². The number of hydrogen-bond donors (Lipinski definition) is 4. The Hall–Kier alpha value is -1.39. The highest BCUT2D eigenvalue weighted by Gasteiger charge is 1.60. The molecule has 48 valence electrons. The molecule has 0 aromatic heterocycles. The Morgan fingerprint density at radius 2 is 1.25 bits per heavy atom. The van der Waals surface area contributed by atoms with Crippen molar-refractivity contribution in [1.82, 2.24) is 0 Å². The molecule has 8 heavy (non-hydrogen) atoms. The van der Waals surface area contributed by atoms with Crippen LogP contribution in [0.25, 0.3) is 0 Å². The zero-order valence-corrected chi connectivity index (χ0v) is 4.37. The van der Waals surface area contributed by atoms with Gasteiger partial charge >= 0.3 is 6.03 Å². The minimum atomic E-state index is -0.833. The van der Waals surface area contributed by atoms with E-state index in [0.29, 0.717) is 0 Å². The molecule has 0 aliphatic rings. The maximum atomic E-state index is 9.00. The molecule has 0 unspecified atom stereocenters. The molecular formula is C3H10N4O. The lowest BCUT2D eigenvalue weighted by Crippen LogP contribution is -2.18. The van der Waals surface area contributed by atoms with Crippen LogP contribution in [0.3, 0.4) is 0 Å². The molecule has 0 saturated heterocycles. The molecule has 5 heteroatoms. The molecule has 0 bridgehead atoms. The SMILES string of the molecule is NC(N)=O.NC=CN. The summed E-state index contributed by atoms with van der Waals surface area (Å²) in [7, 11) is 0. The van der Waals surface area contributed by atoms with E-state index >= 15 is 0 Å².